The molecule has 0 N–H and O–H groups in total. The fraction of sp³-hybridized carbons (Fsp3) is 0.529. The lowest BCUT2D eigenvalue weighted by Gasteiger charge is -2.17. The van der Waals surface area contributed by atoms with Gasteiger partial charge in [0, 0.05) is 4.47 Å². The summed E-state index contributed by atoms with van der Waals surface area (Å²) in [6.45, 7) is 8.58. The van der Waals surface area contributed by atoms with Crippen LogP contribution in [-0.2, 0) is 19.3 Å². The summed E-state index contributed by atoms with van der Waals surface area (Å²) in [5.41, 5.74) is 3.96. The van der Waals surface area contributed by atoms with Gasteiger partial charge in [-0.3, -0.25) is 0 Å². The number of nitriles is 2. The Balaban J connectivity index is 3.45. The molecule has 0 fully saturated rings. The molecule has 0 amide bonds. The van der Waals surface area contributed by atoms with Crippen molar-refractivity contribution in [3.8, 4) is 12.1 Å². The Morgan fingerprint density at radius 3 is 2.10 bits per heavy atom. The van der Waals surface area contributed by atoms with Gasteiger partial charge in [0.05, 0.1) is 18.1 Å². The summed E-state index contributed by atoms with van der Waals surface area (Å²) in [4.78, 5) is 0. The first kappa shape index (κ1) is 16.7. The molecule has 1 aromatic rings. The Labute approximate surface area is 130 Å². The highest BCUT2D eigenvalue weighted by atomic mass is 79.9. The summed E-state index contributed by atoms with van der Waals surface area (Å²) in [5, 5.41) is 18.5. The van der Waals surface area contributed by atoms with E-state index in [1.807, 2.05) is 0 Å². The van der Waals surface area contributed by atoms with Crippen molar-refractivity contribution in [2.24, 2.45) is 11.8 Å². The van der Waals surface area contributed by atoms with E-state index in [4.69, 9.17) is 5.26 Å². The normalized spacial score (nSPS) is 10.7. The van der Waals surface area contributed by atoms with Crippen molar-refractivity contribution in [2.75, 3.05) is 0 Å². The zero-order chi connectivity index (χ0) is 15.3. The van der Waals surface area contributed by atoms with E-state index < -0.39 is 0 Å². The van der Waals surface area contributed by atoms with Gasteiger partial charge in [-0.25, -0.2) is 0 Å². The number of hydrogen-bond donors (Lipinski definition) is 0. The van der Waals surface area contributed by atoms with Crippen LogP contribution in [-0.4, -0.2) is 0 Å². The molecular weight excluding hydrogens is 312 g/mol. The van der Waals surface area contributed by atoms with Crippen molar-refractivity contribution in [3.63, 3.8) is 0 Å². The van der Waals surface area contributed by atoms with Crippen molar-refractivity contribution >= 4 is 15.9 Å². The number of halogens is 1. The summed E-state index contributed by atoms with van der Waals surface area (Å²) in [5.74, 6) is 0.978. The van der Waals surface area contributed by atoms with Crippen LogP contribution in [0.5, 0.6) is 0 Å². The summed E-state index contributed by atoms with van der Waals surface area (Å²) in [6.07, 6.45) is 2.15. The lowest BCUT2D eigenvalue weighted by molar-refractivity contribution is 0.634. The van der Waals surface area contributed by atoms with Gasteiger partial charge in [-0.05, 0) is 57.3 Å². The zero-order valence-electron chi connectivity index (χ0n) is 12.6. The third-order valence-corrected chi connectivity index (χ3v) is 4.04. The second-order valence-electron chi connectivity index (χ2n) is 6.00. The first-order chi connectivity index (χ1) is 9.40. The second kappa shape index (κ2) is 7.46. The van der Waals surface area contributed by atoms with Crippen LogP contribution in [0.25, 0.3) is 0 Å². The smallest absolute Gasteiger partial charge is 0.101 e. The van der Waals surface area contributed by atoms with E-state index in [-0.39, 0.29) is 0 Å². The molecule has 1 rings (SSSR count). The van der Waals surface area contributed by atoms with Crippen molar-refractivity contribution in [1.29, 1.82) is 10.5 Å². The average molecular weight is 333 g/mol. The molecule has 106 valence electrons. The minimum Gasteiger partial charge on any atom is -0.198 e. The topological polar surface area (TPSA) is 47.6 Å². The second-order valence-corrected chi connectivity index (χ2v) is 6.80. The number of nitrogens with zero attached hydrogens (tertiary/aromatic N) is 2. The minimum absolute atomic E-state index is 0.400. The molecule has 0 aliphatic rings. The maximum Gasteiger partial charge on any atom is 0.101 e. The number of hydrogen-bond acceptors (Lipinski definition) is 2. The third-order valence-electron chi connectivity index (χ3n) is 3.16. The molecular formula is C17H21BrN2. The molecule has 1 aromatic carbocycles. The van der Waals surface area contributed by atoms with Crippen LogP contribution in [0.4, 0.5) is 0 Å². The van der Waals surface area contributed by atoms with E-state index in [9.17, 15) is 5.26 Å². The quantitative estimate of drug-likeness (QED) is 0.778. The van der Waals surface area contributed by atoms with Gasteiger partial charge in [-0.1, -0.05) is 33.8 Å². The van der Waals surface area contributed by atoms with Crippen LogP contribution in [0.2, 0.25) is 0 Å². The minimum atomic E-state index is 0.400. The SMILES string of the molecule is CC(C)Cc1cc(CC#N)c(CC(C)C)c(Br)c1C#N. The monoisotopic (exact) mass is 332 g/mol. The maximum atomic E-state index is 9.45. The lowest BCUT2D eigenvalue weighted by Crippen LogP contribution is -2.07. The molecule has 0 heterocycles. The first-order valence-electron chi connectivity index (χ1n) is 7.00. The lowest BCUT2D eigenvalue weighted by atomic mass is 9.89. The average Bonchev–Trinajstić information content (AvgIpc) is 2.33. The third kappa shape index (κ3) is 4.09. The predicted octanol–water partition coefficient (Wildman–Crippen LogP) is 4.78. The molecule has 20 heavy (non-hydrogen) atoms. The Kier molecular flexibility index (Phi) is 6.24. The van der Waals surface area contributed by atoms with Crippen LogP contribution in [0.3, 0.4) is 0 Å². The summed E-state index contributed by atoms with van der Waals surface area (Å²) in [7, 11) is 0. The molecule has 0 aliphatic carbocycles. The van der Waals surface area contributed by atoms with Crippen molar-refractivity contribution in [1.82, 2.24) is 0 Å². The fourth-order valence-electron chi connectivity index (χ4n) is 2.40. The van der Waals surface area contributed by atoms with E-state index in [2.05, 4.69) is 61.8 Å². The molecule has 0 saturated carbocycles. The van der Waals surface area contributed by atoms with Gasteiger partial charge >= 0.3 is 0 Å². The molecule has 0 atom stereocenters. The van der Waals surface area contributed by atoms with E-state index in [1.54, 1.807) is 0 Å². The number of benzene rings is 1. The summed E-state index contributed by atoms with van der Waals surface area (Å²) >= 11 is 3.60. The number of rotatable bonds is 5. The highest BCUT2D eigenvalue weighted by molar-refractivity contribution is 9.10. The van der Waals surface area contributed by atoms with E-state index >= 15 is 0 Å². The van der Waals surface area contributed by atoms with Crippen LogP contribution < -0.4 is 0 Å². The predicted molar refractivity (Wildman–Crippen MR) is 85.3 cm³/mol. The van der Waals surface area contributed by atoms with Crippen molar-refractivity contribution < 1.29 is 0 Å². The van der Waals surface area contributed by atoms with Crippen molar-refractivity contribution in [2.45, 2.75) is 47.0 Å². The van der Waals surface area contributed by atoms with E-state index in [1.165, 1.54) is 0 Å². The molecule has 0 saturated heterocycles. The van der Waals surface area contributed by atoms with Gasteiger partial charge in [0.2, 0.25) is 0 Å². The van der Waals surface area contributed by atoms with Gasteiger partial charge in [0.1, 0.15) is 6.07 Å². The van der Waals surface area contributed by atoms with Gasteiger partial charge < -0.3 is 0 Å². The summed E-state index contributed by atoms with van der Waals surface area (Å²) in [6, 6.07) is 6.62. The standard InChI is InChI=1S/C17H21BrN2/c1-11(2)7-14-9-13(5-6-19)15(8-12(3)4)17(18)16(14)10-20/h9,11-12H,5,7-8H2,1-4H3. The molecule has 0 spiro atoms. The Morgan fingerprint density at radius 1 is 1.05 bits per heavy atom. The van der Waals surface area contributed by atoms with E-state index in [0.29, 0.717) is 18.3 Å². The Bertz CT molecular complexity index is 560. The van der Waals surface area contributed by atoms with Gasteiger partial charge in [-0.2, -0.15) is 10.5 Å². The van der Waals surface area contributed by atoms with Crippen LogP contribution in [0, 0.1) is 34.5 Å². The van der Waals surface area contributed by atoms with Crippen LogP contribution >= 0.6 is 15.9 Å². The van der Waals surface area contributed by atoms with Crippen LogP contribution in [0.1, 0.15) is 49.9 Å². The molecule has 0 unspecified atom stereocenters. The molecule has 0 radical (unpaired) electrons. The fourth-order valence-corrected chi connectivity index (χ4v) is 3.16. The maximum absolute atomic E-state index is 9.45. The highest BCUT2D eigenvalue weighted by Gasteiger charge is 2.17. The summed E-state index contributed by atoms with van der Waals surface area (Å²) < 4.78 is 0.886. The molecule has 3 heteroatoms. The largest absolute Gasteiger partial charge is 0.198 e. The van der Waals surface area contributed by atoms with Crippen LogP contribution in [0.15, 0.2) is 10.5 Å². The first-order valence-corrected chi connectivity index (χ1v) is 7.80. The van der Waals surface area contributed by atoms with Gasteiger partial charge in [0.25, 0.3) is 0 Å². The van der Waals surface area contributed by atoms with Gasteiger partial charge in [-0.15, -0.1) is 0 Å². The molecule has 0 aromatic heterocycles. The molecule has 0 bridgehead atoms. The molecule has 2 nitrogen and oxygen atoms in total. The molecule has 0 aliphatic heterocycles. The van der Waals surface area contributed by atoms with E-state index in [0.717, 1.165) is 39.6 Å². The van der Waals surface area contributed by atoms with Crippen molar-refractivity contribution in [3.05, 3.63) is 32.8 Å². The Morgan fingerprint density at radius 2 is 1.65 bits per heavy atom. The van der Waals surface area contributed by atoms with Gasteiger partial charge in [0.15, 0.2) is 0 Å². The zero-order valence-corrected chi connectivity index (χ0v) is 14.2. The highest BCUT2D eigenvalue weighted by Crippen LogP contribution is 2.31. The Hall–Kier alpha value is -1.32.